The molecule has 0 radical (unpaired) electrons. The summed E-state index contributed by atoms with van der Waals surface area (Å²) in [7, 11) is 0. The van der Waals surface area contributed by atoms with E-state index in [1.807, 2.05) is 25.1 Å². The van der Waals surface area contributed by atoms with E-state index < -0.39 is 18.2 Å². The first-order chi connectivity index (χ1) is 10.5. The van der Waals surface area contributed by atoms with Crippen molar-refractivity contribution < 1.29 is 24.5 Å². The lowest BCUT2D eigenvalue weighted by molar-refractivity contribution is -0.131. The third-order valence-electron chi connectivity index (χ3n) is 4.06. The molecule has 6 heteroatoms. The molecule has 1 amide bonds. The average Bonchev–Trinajstić information content (AvgIpc) is 2.83. The van der Waals surface area contributed by atoms with Crippen molar-refractivity contribution in [2.45, 2.75) is 44.1 Å². The highest BCUT2D eigenvalue weighted by molar-refractivity contribution is 5.79. The molecule has 1 aromatic carbocycles. The zero-order chi connectivity index (χ0) is 15.7. The van der Waals surface area contributed by atoms with Gasteiger partial charge in [-0.05, 0) is 24.1 Å². The highest BCUT2D eigenvalue weighted by Gasteiger charge is 2.32. The number of hydrogen-bond donors (Lipinski definition) is 3. The monoisotopic (exact) mass is 307 g/mol. The van der Waals surface area contributed by atoms with E-state index >= 15 is 0 Å². The zero-order valence-corrected chi connectivity index (χ0v) is 12.5. The molecule has 2 heterocycles. The average molecular weight is 307 g/mol. The third-order valence-corrected chi connectivity index (χ3v) is 4.06. The number of amides is 1. The molecule has 0 aromatic heterocycles. The van der Waals surface area contributed by atoms with E-state index in [4.69, 9.17) is 9.47 Å². The van der Waals surface area contributed by atoms with Crippen molar-refractivity contribution in [2.24, 2.45) is 0 Å². The van der Waals surface area contributed by atoms with Crippen LogP contribution in [0.3, 0.4) is 0 Å². The number of aliphatic hydroxyl groups is 2. The van der Waals surface area contributed by atoms with Gasteiger partial charge in [0, 0.05) is 6.42 Å². The third kappa shape index (κ3) is 3.24. The van der Waals surface area contributed by atoms with Crippen molar-refractivity contribution in [1.29, 1.82) is 0 Å². The van der Waals surface area contributed by atoms with Crippen LogP contribution in [0.15, 0.2) is 18.2 Å². The molecule has 2 aliphatic rings. The lowest BCUT2D eigenvalue weighted by atomic mass is 10.0. The number of rotatable bonds is 3. The number of hydrogen-bond acceptors (Lipinski definition) is 5. The van der Waals surface area contributed by atoms with Crippen LogP contribution in [-0.4, -0.2) is 53.7 Å². The Morgan fingerprint density at radius 1 is 1.36 bits per heavy atom. The number of fused-ring (bicyclic) bond motifs is 1. The maximum atomic E-state index is 12.1. The molecule has 0 spiro atoms. The van der Waals surface area contributed by atoms with Crippen LogP contribution in [0.25, 0.3) is 0 Å². The summed E-state index contributed by atoms with van der Waals surface area (Å²) in [6.07, 6.45) is -0.701. The van der Waals surface area contributed by atoms with Gasteiger partial charge in [-0.15, -0.1) is 0 Å². The molecular weight excluding hydrogens is 286 g/mol. The molecule has 0 saturated carbocycles. The Morgan fingerprint density at radius 2 is 2.18 bits per heavy atom. The number of carbonyl (C=O) groups is 1. The van der Waals surface area contributed by atoms with Gasteiger partial charge in [0.25, 0.3) is 0 Å². The summed E-state index contributed by atoms with van der Waals surface area (Å²) in [5.41, 5.74) is 2.02. The van der Waals surface area contributed by atoms with E-state index in [0.717, 1.165) is 23.3 Å². The first kappa shape index (κ1) is 15.3. The van der Waals surface area contributed by atoms with Gasteiger partial charge in [-0.1, -0.05) is 12.1 Å². The fourth-order valence-electron chi connectivity index (χ4n) is 2.94. The van der Waals surface area contributed by atoms with E-state index in [-0.39, 0.29) is 31.6 Å². The lowest BCUT2D eigenvalue weighted by Gasteiger charge is -2.32. The van der Waals surface area contributed by atoms with Gasteiger partial charge in [-0.25, -0.2) is 0 Å². The highest BCUT2D eigenvalue weighted by Crippen LogP contribution is 2.29. The molecule has 6 nitrogen and oxygen atoms in total. The van der Waals surface area contributed by atoms with E-state index in [0.29, 0.717) is 0 Å². The Balaban J connectivity index is 1.59. The molecule has 4 atom stereocenters. The van der Waals surface area contributed by atoms with Crippen molar-refractivity contribution in [2.75, 3.05) is 13.2 Å². The minimum absolute atomic E-state index is 0.0938. The van der Waals surface area contributed by atoms with Crippen molar-refractivity contribution >= 4 is 5.91 Å². The first-order valence-corrected chi connectivity index (χ1v) is 7.54. The minimum atomic E-state index is -0.994. The molecule has 1 fully saturated rings. The Labute approximate surface area is 129 Å². The fourth-order valence-corrected chi connectivity index (χ4v) is 2.94. The fraction of sp³-hybridized carbons (Fsp3) is 0.562. The number of carbonyl (C=O) groups excluding carboxylic acids is 1. The van der Waals surface area contributed by atoms with Gasteiger partial charge in [0.05, 0.1) is 25.7 Å². The second-order valence-electron chi connectivity index (χ2n) is 6.02. The van der Waals surface area contributed by atoms with Crippen LogP contribution in [-0.2, 0) is 22.4 Å². The second-order valence-corrected chi connectivity index (χ2v) is 6.02. The first-order valence-electron chi connectivity index (χ1n) is 7.54. The lowest BCUT2D eigenvalue weighted by Crippen LogP contribution is -2.56. The van der Waals surface area contributed by atoms with Crippen LogP contribution in [0, 0.1) is 0 Å². The summed E-state index contributed by atoms with van der Waals surface area (Å²) >= 11 is 0. The van der Waals surface area contributed by atoms with Crippen molar-refractivity contribution in [1.82, 2.24) is 5.32 Å². The van der Waals surface area contributed by atoms with E-state index in [1.54, 1.807) is 0 Å². The molecule has 22 heavy (non-hydrogen) atoms. The van der Waals surface area contributed by atoms with Gasteiger partial charge in [0.1, 0.15) is 24.1 Å². The molecule has 1 saturated heterocycles. The minimum Gasteiger partial charge on any atom is -0.490 e. The maximum Gasteiger partial charge on any atom is 0.224 e. The molecule has 0 bridgehead atoms. The number of benzene rings is 1. The zero-order valence-electron chi connectivity index (χ0n) is 12.5. The smallest absolute Gasteiger partial charge is 0.224 e. The SMILES string of the molecule is C[C@H]1Cc2cc(CC(=O)N[C@@H]3COC[C@@H](O)[C@H]3O)ccc2O1. The van der Waals surface area contributed by atoms with E-state index in [1.165, 1.54) is 0 Å². The molecule has 2 aliphatic heterocycles. The molecule has 120 valence electrons. The molecule has 3 N–H and O–H groups in total. The van der Waals surface area contributed by atoms with E-state index in [2.05, 4.69) is 5.32 Å². The number of aliphatic hydroxyl groups excluding tert-OH is 2. The van der Waals surface area contributed by atoms with Crippen LogP contribution in [0.4, 0.5) is 0 Å². The van der Waals surface area contributed by atoms with E-state index in [9.17, 15) is 15.0 Å². The quantitative estimate of drug-likeness (QED) is 0.719. The Kier molecular flexibility index (Phi) is 4.33. The Hall–Kier alpha value is -1.63. The largest absolute Gasteiger partial charge is 0.490 e. The summed E-state index contributed by atoms with van der Waals surface area (Å²) in [6, 6.07) is 5.18. The molecule has 0 unspecified atom stereocenters. The maximum absolute atomic E-state index is 12.1. The van der Waals surface area contributed by atoms with Gasteiger partial charge in [-0.3, -0.25) is 4.79 Å². The predicted molar refractivity (Wildman–Crippen MR) is 78.7 cm³/mol. The summed E-state index contributed by atoms with van der Waals surface area (Å²) in [5.74, 6) is 0.685. The predicted octanol–water partition coefficient (Wildman–Crippen LogP) is -0.211. The standard InChI is InChI=1S/C16H21NO5/c1-9-4-11-5-10(2-3-14(11)22-9)6-15(19)17-12-7-21-8-13(18)16(12)20/h2-3,5,9,12-13,16,18,20H,4,6-8H2,1H3,(H,17,19)/t9-,12+,13+,16-/m0/s1. The second kappa shape index (κ2) is 6.24. The van der Waals surface area contributed by atoms with Crippen molar-refractivity contribution in [3.05, 3.63) is 29.3 Å². The number of ether oxygens (including phenoxy) is 2. The van der Waals surface area contributed by atoms with Gasteiger partial charge in [0.15, 0.2) is 0 Å². The summed E-state index contributed by atoms with van der Waals surface area (Å²) in [5, 5.41) is 22.1. The van der Waals surface area contributed by atoms with Crippen LogP contribution in [0.1, 0.15) is 18.1 Å². The Morgan fingerprint density at radius 3 is 3.00 bits per heavy atom. The molecule has 0 aliphatic carbocycles. The summed E-state index contributed by atoms with van der Waals surface area (Å²) in [6.45, 7) is 2.32. The highest BCUT2D eigenvalue weighted by atomic mass is 16.5. The summed E-state index contributed by atoms with van der Waals surface area (Å²) < 4.78 is 10.8. The van der Waals surface area contributed by atoms with Crippen molar-refractivity contribution in [3.8, 4) is 5.75 Å². The normalized spacial score (nSPS) is 30.5. The number of nitrogens with one attached hydrogen (secondary N) is 1. The molecule has 3 rings (SSSR count). The summed E-state index contributed by atoms with van der Waals surface area (Å²) in [4.78, 5) is 12.1. The Bertz CT molecular complexity index is 561. The molecule has 1 aromatic rings. The van der Waals surface area contributed by atoms with Gasteiger partial charge in [-0.2, -0.15) is 0 Å². The molecular formula is C16H21NO5. The van der Waals surface area contributed by atoms with Gasteiger partial charge >= 0.3 is 0 Å². The van der Waals surface area contributed by atoms with Crippen LogP contribution >= 0.6 is 0 Å². The van der Waals surface area contributed by atoms with Gasteiger partial charge < -0.3 is 25.0 Å². The topological polar surface area (TPSA) is 88.0 Å². The van der Waals surface area contributed by atoms with Crippen molar-refractivity contribution in [3.63, 3.8) is 0 Å². The van der Waals surface area contributed by atoms with Crippen LogP contribution in [0.5, 0.6) is 5.75 Å². The van der Waals surface area contributed by atoms with Crippen LogP contribution < -0.4 is 10.1 Å². The van der Waals surface area contributed by atoms with Crippen LogP contribution in [0.2, 0.25) is 0 Å². The van der Waals surface area contributed by atoms with Gasteiger partial charge in [0.2, 0.25) is 5.91 Å².